The van der Waals surface area contributed by atoms with Gasteiger partial charge in [-0.15, -0.1) is 11.3 Å². The van der Waals surface area contributed by atoms with E-state index in [0.29, 0.717) is 16.6 Å². The monoisotopic (exact) mass is 438 g/mol. The molecule has 1 aromatic heterocycles. The number of para-hydroxylation sites is 1. The standard InChI is InChI=1S/C19H13ClF2N2O2S2/c20-12-8-7-11(10-14(12)24-18(26)16-6-3-9-27-16)17(25)23-13-4-1-2-5-15(13)28-19(21)22/h1-10,19H,(H,23,25)(H,24,26). The number of nitrogens with one attached hydrogen (secondary N) is 2. The van der Waals surface area contributed by atoms with Crippen LogP contribution < -0.4 is 10.6 Å². The van der Waals surface area contributed by atoms with E-state index in [0.717, 1.165) is 0 Å². The second-order valence-corrected chi connectivity index (χ2v) is 7.84. The van der Waals surface area contributed by atoms with Crippen molar-refractivity contribution < 1.29 is 18.4 Å². The lowest BCUT2D eigenvalue weighted by atomic mass is 10.1. The Morgan fingerprint density at radius 2 is 1.71 bits per heavy atom. The van der Waals surface area contributed by atoms with Crippen LogP contribution >= 0.6 is 34.7 Å². The van der Waals surface area contributed by atoms with Gasteiger partial charge in [-0.05, 0) is 41.8 Å². The third-order valence-corrected chi connectivity index (χ3v) is 5.56. The SMILES string of the molecule is O=C(Nc1ccccc1SC(F)F)c1ccc(Cl)c(NC(=O)c2cccs2)c1. The minimum Gasteiger partial charge on any atom is -0.321 e. The molecule has 0 radical (unpaired) electrons. The smallest absolute Gasteiger partial charge is 0.288 e. The Hall–Kier alpha value is -2.42. The van der Waals surface area contributed by atoms with Gasteiger partial charge in [0.05, 0.1) is 21.3 Å². The number of thiophene rings is 1. The molecule has 9 heteroatoms. The van der Waals surface area contributed by atoms with Gasteiger partial charge in [-0.3, -0.25) is 9.59 Å². The van der Waals surface area contributed by atoms with E-state index in [1.165, 1.54) is 41.7 Å². The molecule has 28 heavy (non-hydrogen) atoms. The predicted octanol–water partition coefficient (Wildman–Crippen LogP) is 6.22. The lowest BCUT2D eigenvalue weighted by Crippen LogP contribution is -2.15. The van der Waals surface area contributed by atoms with Crippen molar-refractivity contribution >= 4 is 57.9 Å². The van der Waals surface area contributed by atoms with Gasteiger partial charge in [0.1, 0.15) is 0 Å². The van der Waals surface area contributed by atoms with Crippen molar-refractivity contribution in [3.8, 4) is 0 Å². The maximum absolute atomic E-state index is 12.7. The van der Waals surface area contributed by atoms with Crippen LogP contribution in [0.4, 0.5) is 20.2 Å². The molecule has 0 aliphatic heterocycles. The minimum absolute atomic E-state index is 0.225. The lowest BCUT2D eigenvalue weighted by Gasteiger charge is -2.12. The van der Waals surface area contributed by atoms with E-state index < -0.39 is 11.7 Å². The zero-order chi connectivity index (χ0) is 20.1. The average Bonchev–Trinajstić information content (AvgIpc) is 3.19. The minimum atomic E-state index is -2.60. The van der Waals surface area contributed by atoms with Crippen molar-refractivity contribution in [2.45, 2.75) is 10.7 Å². The molecule has 0 unspecified atom stereocenters. The van der Waals surface area contributed by atoms with Crippen LogP contribution in [0.2, 0.25) is 5.02 Å². The molecule has 2 N–H and O–H groups in total. The molecule has 2 aromatic carbocycles. The van der Waals surface area contributed by atoms with Crippen molar-refractivity contribution in [3.05, 3.63) is 75.4 Å². The molecule has 0 aliphatic rings. The molecule has 0 spiro atoms. The highest BCUT2D eigenvalue weighted by Gasteiger charge is 2.15. The quantitative estimate of drug-likeness (QED) is 0.449. The molecular formula is C19H13ClF2N2O2S2. The molecule has 0 saturated carbocycles. The third-order valence-electron chi connectivity index (χ3n) is 3.57. The van der Waals surface area contributed by atoms with Crippen molar-refractivity contribution in [1.29, 1.82) is 0 Å². The van der Waals surface area contributed by atoms with Crippen molar-refractivity contribution in [2.75, 3.05) is 10.6 Å². The van der Waals surface area contributed by atoms with Gasteiger partial charge in [0.2, 0.25) is 0 Å². The molecule has 2 amide bonds. The number of amides is 2. The van der Waals surface area contributed by atoms with E-state index >= 15 is 0 Å². The fraction of sp³-hybridized carbons (Fsp3) is 0.0526. The van der Waals surface area contributed by atoms with Crippen molar-refractivity contribution in [1.82, 2.24) is 0 Å². The number of rotatable bonds is 6. The molecule has 144 valence electrons. The highest BCUT2D eigenvalue weighted by molar-refractivity contribution is 7.99. The Bertz CT molecular complexity index is 997. The van der Waals surface area contributed by atoms with Crippen molar-refractivity contribution in [3.63, 3.8) is 0 Å². The van der Waals surface area contributed by atoms with Gasteiger partial charge in [-0.1, -0.05) is 41.6 Å². The fourth-order valence-electron chi connectivity index (χ4n) is 2.32. The summed E-state index contributed by atoms with van der Waals surface area (Å²) >= 11 is 7.75. The first-order valence-corrected chi connectivity index (χ1v) is 10.1. The van der Waals surface area contributed by atoms with E-state index in [-0.39, 0.29) is 32.8 Å². The highest BCUT2D eigenvalue weighted by Crippen LogP contribution is 2.32. The second-order valence-electron chi connectivity index (χ2n) is 5.45. The van der Waals surface area contributed by atoms with E-state index in [2.05, 4.69) is 10.6 Å². The summed E-state index contributed by atoms with van der Waals surface area (Å²) in [6, 6.07) is 14.1. The van der Waals surface area contributed by atoms with Gasteiger partial charge in [0.15, 0.2) is 0 Å². The number of carbonyl (C=O) groups excluding carboxylic acids is 2. The van der Waals surface area contributed by atoms with Crippen LogP contribution in [0.5, 0.6) is 0 Å². The van der Waals surface area contributed by atoms with Crippen LogP contribution in [0.3, 0.4) is 0 Å². The van der Waals surface area contributed by atoms with E-state index in [1.54, 1.807) is 29.6 Å². The number of thioether (sulfide) groups is 1. The number of alkyl halides is 2. The van der Waals surface area contributed by atoms with Gasteiger partial charge in [-0.2, -0.15) is 8.78 Å². The molecule has 4 nitrogen and oxygen atoms in total. The summed E-state index contributed by atoms with van der Waals surface area (Å²) in [5.41, 5.74) is 0.780. The molecular weight excluding hydrogens is 426 g/mol. The van der Waals surface area contributed by atoms with Crippen LogP contribution in [0.1, 0.15) is 20.0 Å². The van der Waals surface area contributed by atoms with Gasteiger partial charge in [-0.25, -0.2) is 0 Å². The Morgan fingerprint density at radius 3 is 2.43 bits per heavy atom. The lowest BCUT2D eigenvalue weighted by molar-refractivity contribution is 0.101. The first-order chi connectivity index (χ1) is 13.4. The number of benzene rings is 2. The highest BCUT2D eigenvalue weighted by atomic mass is 35.5. The Labute approximate surface area is 172 Å². The number of carbonyl (C=O) groups is 2. The van der Waals surface area contributed by atoms with Crippen LogP contribution in [0, 0.1) is 0 Å². The van der Waals surface area contributed by atoms with Crippen LogP contribution in [0.25, 0.3) is 0 Å². The van der Waals surface area contributed by atoms with Gasteiger partial charge in [0.25, 0.3) is 17.6 Å². The number of halogens is 3. The topological polar surface area (TPSA) is 58.2 Å². The fourth-order valence-corrected chi connectivity index (χ4v) is 3.70. The zero-order valence-corrected chi connectivity index (χ0v) is 16.5. The first kappa shape index (κ1) is 20.3. The summed E-state index contributed by atoms with van der Waals surface area (Å²) in [6.45, 7) is 0. The molecule has 0 bridgehead atoms. The zero-order valence-electron chi connectivity index (χ0n) is 14.1. The molecule has 3 aromatic rings. The van der Waals surface area contributed by atoms with Crippen LogP contribution in [-0.4, -0.2) is 17.6 Å². The molecule has 0 aliphatic carbocycles. The average molecular weight is 439 g/mol. The van der Waals surface area contributed by atoms with E-state index in [1.807, 2.05) is 0 Å². The number of hydrogen-bond donors (Lipinski definition) is 2. The molecule has 0 saturated heterocycles. The summed E-state index contributed by atoms with van der Waals surface area (Å²) < 4.78 is 25.4. The first-order valence-electron chi connectivity index (χ1n) is 7.93. The summed E-state index contributed by atoms with van der Waals surface area (Å²) in [7, 11) is 0. The third kappa shape index (κ3) is 5.09. The van der Waals surface area contributed by atoms with Crippen LogP contribution in [0.15, 0.2) is 64.9 Å². The molecule has 0 atom stereocenters. The summed E-state index contributed by atoms with van der Waals surface area (Å²) in [5.74, 6) is -3.45. The van der Waals surface area contributed by atoms with Gasteiger partial charge in [0, 0.05) is 10.5 Å². The maximum atomic E-state index is 12.7. The molecule has 3 rings (SSSR count). The van der Waals surface area contributed by atoms with E-state index in [4.69, 9.17) is 11.6 Å². The van der Waals surface area contributed by atoms with Crippen LogP contribution in [-0.2, 0) is 0 Å². The number of hydrogen-bond acceptors (Lipinski definition) is 4. The normalized spacial score (nSPS) is 10.7. The van der Waals surface area contributed by atoms with Gasteiger partial charge < -0.3 is 10.6 Å². The Kier molecular flexibility index (Phi) is 6.66. The molecule has 0 fully saturated rings. The summed E-state index contributed by atoms with van der Waals surface area (Å²) in [6.07, 6.45) is 0. The van der Waals surface area contributed by atoms with Gasteiger partial charge >= 0.3 is 0 Å². The number of anilines is 2. The maximum Gasteiger partial charge on any atom is 0.288 e. The predicted molar refractivity (Wildman–Crippen MR) is 110 cm³/mol. The summed E-state index contributed by atoms with van der Waals surface area (Å²) in [4.78, 5) is 25.5. The Morgan fingerprint density at radius 1 is 0.964 bits per heavy atom. The second kappa shape index (κ2) is 9.18. The van der Waals surface area contributed by atoms with Crippen molar-refractivity contribution in [2.24, 2.45) is 0 Å². The summed E-state index contributed by atoms with van der Waals surface area (Å²) in [5, 5.41) is 7.32. The largest absolute Gasteiger partial charge is 0.321 e. The Balaban J connectivity index is 1.79. The van der Waals surface area contributed by atoms with E-state index in [9.17, 15) is 18.4 Å². The molecule has 1 heterocycles.